The first-order chi connectivity index (χ1) is 10.1. The molecular weight excluding hydrogens is 269 g/mol. The molecule has 2 rings (SSSR count). The molecule has 0 saturated carbocycles. The molecule has 0 radical (unpaired) electrons. The van der Waals surface area contributed by atoms with Crippen LogP contribution >= 0.6 is 0 Å². The lowest BCUT2D eigenvalue weighted by atomic mass is 9.97. The van der Waals surface area contributed by atoms with Gasteiger partial charge in [-0.15, -0.1) is 0 Å². The first kappa shape index (κ1) is 15.5. The molecule has 21 heavy (non-hydrogen) atoms. The first-order valence-corrected chi connectivity index (χ1v) is 7.53. The molecule has 3 nitrogen and oxygen atoms in total. The van der Waals surface area contributed by atoms with Crippen LogP contribution in [0.1, 0.15) is 39.0 Å². The van der Waals surface area contributed by atoms with Gasteiger partial charge in [-0.1, -0.05) is 11.6 Å². The molecule has 0 fully saturated rings. The van der Waals surface area contributed by atoms with Crippen LogP contribution in [0.3, 0.4) is 0 Å². The minimum Gasteiger partial charge on any atom is -0.481 e. The van der Waals surface area contributed by atoms with Crippen molar-refractivity contribution < 1.29 is 13.9 Å². The van der Waals surface area contributed by atoms with E-state index in [0.29, 0.717) is 12.3 Å². The Morgan fingerprint density at radius 1 is 1.33 bits per heavy atom. The zero-order valence-electron chi connectivity index (χ0n) is 12.4. The first-order valence-electron chi connectivity index (χ1n) is 7.53. The third-order valence-electron chi connectivity index (χ3n) is 3.63. The fourth-order valence-electron chi connectivity index (χ4n) is 2.39. The normalized spacial score (nSPS) is 16.0. The maximum atomic E-state index is 12.8. The van der Waals surface area contributed by atoms with Gasteiger partial charge in [-0.2, -0.15) is 0 Å². The number of amides is 1. The van der Waals surface area contributed by atoms with Crippen molar-refractivity contribution in [2.24, 2.45) is 0 Å². The van der Waals surface area contributed by atoms with Gasteiger partial charge in [-0.05, 0) is 63.3 Å². The summed E-state index contributed by atoms with van der Waals surface area (Å²) < 4.78 is 18.3. The Labute approximate surface area is 125 Å². The molecule has 1 atom stereocenters. The van der Waals surface area contributed by atoms with Gasteiger partial charge in [0.05, 0.1) is 0 Å². The third kappa shape index (κ3) is 5.21. The minimum absolute atomic E-state index is 0.143. The molecule has 1 amide bonds. The fraction of sp³-hybridized carbons (Fsp3) is 0.471. The highest BCUT2D eigenvalue weighted by atomic mass is 19.1. The van der Waals surface area contributed by atoms with Gasteiger partial charge in [0.2, 0.25) is 0 Å². The number of benzene rings is 1. The Morgan fingerprint density at radius 3 is 2.76 bits per heavy atom. The van der Waals surface area contributed by atoms with E-state index in [-0.39, 0.29) is 11.7 Å². The molecule has 1 aromatic carbocycles. The number of hydrogen-bond donors (Lipinski definition) is 1. The van der Waals surface area contributed by atoms with Gasteiger partial charge in [-0.3, -0.25) is 4.79 Å². The van der Waals surface area contributed by atoms with Gasteiger partial charge in [0.15, 0.2) is 6.10 Å². The molecule has 0 spiro atoms. The Morgan fingerprint density at radius 2 is 2.10 bits per heavy atom. The highest BCUT2D eigenvalue weighted by Gasteiger charge is 2.14. The molecule has 1 aliphatic carbocycles. The molecule has 1 N–H and O–H groups in total. The lowest BCUT2D eigenvalue weighted by Crippen LogP contribution is -2.36. The maximum Gasteiger partial charge on any atom is 0.260 e. The molecule has 0 aliphatic heterocycles. The van der Waals surface area contributed by atoms with Crippen molar-refractivity contribution in [2.45, 2.75) is 45.1 Å². The van der Waals surface area contributed by atoms with Crippen LogP contribution in [0.15, 0.2) is 35.9 Å². The van der Waals surface area contributed by atoms with Crippen LogP contribution in [-0.4, -0.2) is 18.6 Å². The molecule has 0 aromatic heterocycles. The lowest BCUT2D eigenvalue weighted by molar-refractivity contribution is -0.127. The Balaban J connectivity index is 1.72. The van der Waals surface area contributed by atoms with Crippen molar-refractivity contribution in [3.63, 3.8) is 0 Å². The van der Waals surface area contributed by atoms with Crippen LogP contribution in [0.25, 0.3) is 0 Å². The van der Waals surface area contributed by atoms with E-state index in [9.17, 15) is 9.18 Å². The summed E-state index contributed by atoms with van der Waals surface area (Å²) in [7, 11) is 0. The molecule has 1 aliphatic rings. The Kier molecular flexibility index (Phi) is 5.78. The van der Waals surface area contributed by atoms with Crippen molar-refractivity contribution in [1.29, 1.82) is 0 Å². The van der Waals surface area contributed by atoms with Crippen LogP contribution in [-0.2, 0) is 4.79 Å². The largest absolute Gasteiger partial charge is 0.481 e. The Hall–Kier alpha value is -1.84. The fourth-order valence-corrected chi connectivity index (χ4v) is 2.39. The molecular formula is C17H22FNO2. The Bertz CT molecular complexity index is 496. The number of carbonyl (C=O) groups is 1. The molecule has 4 heteroatoms. The van der Waals surface area contributed by atoms with Crippen LogP contribution in [0.5, 0.6) is 5.75 Å². The monoisotopic (exact) mass is 291 g/mol. The van der Waals surface area contributed by atoms with Gasteiger partial charge in [0.1, 0.15) is 11.6 Å². The van der Waals surface area contributed by atoms with Gasteiger partial charge in [0.25, 0.3) is 5.91 Å². The molecule has 1 aromatic rings. The van der Waals surface area contributed by atoms with Crippen LogP contribution in [0.4, 0.5) is 4.39 Å². The summed E-state index contributed by atoms with van der Waals surface area (Å²) >= 11 is 0. The highest BCUT2D eigenvalue weighted by Crippen LogP contribution is 2.19. The summed E-state index contributed by atoms with van der Waals surface area (Å²) in [5, 5.41) is 2.88. The van der Waals surface area contributed by atoms with E-state index in [1.807, 2.05) is 0 Å². The van der Waals surface area contributed by atoms with Gasteiger partial charge in [0, 0.05) is 6.54 Å². The zero-order chi connectivity index (χ0) is 15.1. The summed E-state index contributed by atoms with van der Waals surface area (Å²) in [4.78, 5) is 11.9. The average Bonchev–Trinajstić information content (AvgIpc) is 2.50. The predicted octanol–water partition coefficient (Wildman–Crippen LogP) is 3.60. The molecule has 114 valence electrons. The summed E-state index contributed by atoms with van der Waals surface area (Å²) in [6.45, 7) is 2.33. The average molecular weight is 291 g/mol. The standard InChI is InChI=1S/C17H22FNO2/c1-13(21-16-9-7-15(18)8-10-16)17(20)19-12-11-14-5-3-2-4-6-14/h5,7-10,13H,2-4,6,11-12H2,1H3,(H,19,20). The SMILES string of the molecule is CC(Oc1ccc(F)cc1)C(=O)NCCC1=CCCCC1. The van der Waals surface area contributed by atoms with E-state index in [1.54, 1.807) is 6.92 Å². The van der Waals surface area contributed by atoms with E-state index >= 15 is 0 Å². The van der Waals surface area contributed by atoms with E-state index in [1.165, 1.54) is 42.7 Å². The van der Waals surface area contributed by atoms with Crippen molar-refractivity contribution >= 4 is 5.91 Å². The summed E-state index contributed by atoms with van der Waals surface area (Å²) in [5.74, 6) is 0.0324. The number of ether oxygens (including phenoxy) is 1. The molecule has 0 saturated heterocycles. The number of allylic oxidation sites excluding steroid dienone is 1. The second-order valence-electron chi connectivity index (χ2n) is 5.36. The number of rotatable bonds is 6. The van der Waals surface area contributed by atoms with Crippen LogP contribution in [0.2, 0.25) is 0 Å². The summed E-state index contributed by atoms with van der Waals surface area (Å²) in [6.07, 6.45) is 7.45. The number of halogens is 1. The summed E-state index contributed by atoms with van der Waals surface area (Å²) in [5.41, 5.74) is 1.44. The quantitative estimate of drug-likeness (QED) is 0.813. The lowest BCUT2D eigenvalue weighted by Gasteiger charge is -2.16. The van der Waals surface area contributed by atoms with E-state index in [4.69, 9.17) is 4.74 Å². The van der Waals surface area contributed by atoms with Gasteiger partial charge >= 0.3 is 0 Å². The summed E-state index contributed by atoms with van der Waals surface area (Å²) in [6, 6.07) is 5.67. The highest BCUT2D eigenvalue weighted by molar-refractivity contribution is 5.80. The van der Waals surface area contributed by atoms with E-state index in [2.05, 4.69) is 11.4 Å². The van der Waals surface area contributed by atoms with Gasteiger partial charge < -0.3 is 10.1 Å². The molecule has 0 bridgehead atoms. The number of nitrogens with one attached hydrogen (secondary N) is 1. The van der Waals surface area contributed by atoms with Crippen molar-refractivity contribution in [2.75, 3.05) is 6.54 Å². The number of carbonyl (C=O) groups excluding carboxylic acids is 1. The van der Waals surface area contributed by atoms with Crippen LogP contribution < -0.4 is 10.1 Å². The topological polar surface area (TPSA) is 38.3 Å². The van der Waals surface area contributed by atoms with E-state index < -0.39 is 6.10 Å². The predicted molar refractivity (Wildman–Crippen MR) is 80.7 cm³/mol. The van der Waals surface area contributed by atoms with Gasteiger partial charge in [-0.25, -0.2) is 4.39 Å². The molecule has 0 heterocycles. The van der Waals surface area contributed by atoms with Crippen LogP contribution in [0, 0.1) is 5.82 Å². The second kappa shape index (κ2) is 7.81. The van der Waals surface area contributed by atoms with Crippen molar-refractivity contribution in [1.82, 2.24) is 5.32 Å². The number of hydrogen-bond acceptors (Lipinski definition) is 2. The minimum atomic E-state index is -0.587. The molecule has 1 unspecified atom stereocenters. The maximum absolute atomic E-state index is 12.8. The zero-order valence-corrected chi connectivity index (χ0v) is 12.4. The van der Waals surface area contributed by atoms with Crippen molar-refractivity contribution in [3.8, 4) is 5.75 Å². The van der Waals surface area contributed by atoms with E-state index in [0.717, 1.165) is 19.3 Å². The third-order valence-corrected chi connectivity index (χ3v) is 3.63. The van der Waals surface area contributed by atoms with Crippen molar-refractivity contribution in [3.05, 3.63) is 41.7 Å². The second-order valence-corrected chi connectivity index (χ2v) is 5.36. The smallest absolute Gasteiger partial charge is 0.260 e.